The molecule has 1 amide bonds. The van der Waals surface area contributed by atoms with Crippen LogP contribution in [0.1, 0.15) is 15.9 Å². The van der Waals surface area contributed by atoms with Gasteiger partial charge in [-0.15, -0.1) is 0 Å². The van der Waals surface area contributed by atoms with E-state index in [1.807, 2.05) is 35.0 Å². The molecule has 0 atom stereocenters. The number of hydrogen-bond acceptors (Lipinski definition) is 2. The first-order valence-electron chi connectivity index (χ1n) is 5.61. The Morgan fingerprint density at radius 3 is 2.89 bits per heavy atom. The molecule has 0 bridgehead atoms. The van der Waals surface area contributed by atoms with Crippen molar-refractivity contribution in [2.45, 2.75) is 6.54 Å². The molecule has 0 saturated carbocycles. The fourth-order valence-electron chi connectivity index (χ4n) is 1.75. The largest absolute Gasteiger partial charge is 0.497 e. The van der Waals surface area contributed by atoms with Crippen LogP contribution >= 0.6 is 0 Å². The standard InChI is InChI=1S/C14H14N2O2/c1-18-13-6-2-4-11(8-13)9-16-7-3-5-12(10-16)14(15)17/h2-8,10H,9H2,1H3,(H-,15,17)/p+1. The summed E-state index contributed by atoms with van der Waals surface area (Å²) in [4.78, 5) is 11.1. The minimum absolute atomic E-state index is 0.421. The van der Waals surface area contributed by atoms with Crippen LogP contribution in [0.25, 0.3) is 0 Å². The first-order valence-corrected chi connectivity index (χ1v) is 5.61. The van der Waals surface area contributed by atoms with Crippen LogP contribution in [0.5, 0.6) is 5.75 Å². The predicted molar refractivity (Wildman–Crippen MR) is 67.3 cm³/mol. The van der Waals surface area contributed by atoms with Gasteiger partial charge in [-0.3, -0.25) is 4.79 Å². The average Bonchev–Trinajstić information content (AvgIpc) is 2.39. The van der Waals surface area contributed by atoms with Crippen LogP contribution in [0.15, 0.2) is 48.8 Å². The lowest BCUT2D eigenvalue weighted by Gasteiger charge is -2.02. The summed E-state index contributed by atoms with van der Waals surface area (Å²) < 4.78 is 7.08. The third-order valence-corrected chi connectivity index (χ3v) is 2.64. The second-order valence-corrected chi connectivity index (χ2v) is 3.98. The first kappa shape index (κ1) is 12.1. The highest BCUT2D eigenvalue weighted by atomic mass is 16.5. The molecule has 2 aromatic rings. The lowest BCUT2D eigenvalue weighted by molar-refractivity contribution is -0.688. The van der Waals surface area contributed by atoms with E-state index in [1.54, 1.807) is 25.4 Å². The van der Waals surface area contributed by atoms with Crippen molar-refractivity contribution in [3.8, 4) is 5.75 Å². The highest BCUT2D eigenvalue weighted by molar-refractivity contribution is 5.92. The van der Waals surface area contributed by atoms with E-state index in [0.717, 1.165) is 11.3 Å². The van der Waals surface area contributed by atoms with Gasteiger partial charge in [0.05, 0.1) is 7.11 Å². The van der Waals surface area contributed by atoms with Gasteiger partial charge >= 0.3 is 0 Å². The average molecular weight is 243 g/mol. The molecule has 0 fully saturated rings. The van der Waals surface area contributed by atoms with Crippen LogP contribution in [-0.2, 0) is 6.54 Å². The van der Waals surface area contributed by atoms with Crippen molar-refractivity contribution >= 4 is 5.91 Å². The van der Waals surface area contributed by atoms with E-state index in [2.05, 4.69) is 0 Å². The van der Waals surface area contributed by atoms with Crippen LogP contribution in [0.2, 0.25) is 0 Å². The molecule has 4 nitrogen and oxygen atoms in total. The Labute approximate surface area is 106 Å². The summed E-state index contributed by atoms with van der Waals surface area (Å²) >= 11 is 0. The number of carbonyl (C=O) groups excluding carboxylic acids is 1. The van der Waals surface area contributed by atoms with Gasteiger partial charge in [-0.05, 0) is 18.2 Å². The molecule has 2 N–H and O–H groups in total. The molecule has 1 aromatic carbocycles. The van der Waals surface area contributed by atoms with Crippen molar-refractivity contribution in [1.29, 1.82) is 0 Å². The summed E-state index contributed by atoms with van der Waals surface area (Å²) in [5.74, 6) is 0.397. The number of carbonyl (C=O) groups is 1. The molecule has 1 heterocycles. The maximum atomic E-state index is 11.1. The molecule has 1 aromatic heterocycles. The highest BCUT2D eigenvalue weighted by Gasteiger charge is 2.08. The number of aromatic nitrogens is 1. The second kappa shape index (κ2) is 5.31. The van der Waals surface area contributed by atoms with Crippen LogP contribution in [0, 0.1) is 0 Å². The SMILES string of the molecule is COc1cccc(C[n+]2cccc(C(N)=O)c2)c1. The van der Waals surface area contributed by atoms with Gasteiger partial charge in [0.2, 0.25) is 0 Å². The van der Waals surface area contributed by atoms with E-state index in [0.29, 0.717) is 12.1 Å². The molecule has 92 valence electrons. The van der Waals surface area contributed by atoms with Crippen molar-refractivity contribution in [2.75, 3.05) is 7.11 Å². The van der Waals surface area contributed by atoms with Gasteiger partial charge in [-0.1, -0.05) is 12.1 Å². The van der Waals surface area contributed by atoms with Crippen molar-refractivity contribution in [3.05, 3.63) is 59.9 Å². The molecule has 18 heavy (non-hydrogen) atoms. The zero-order chi connectivity index (χ0) is 13.0. The molecule has 0 aliphatic carbocycles. The highest BCUT2D eigenvalue weighted by Crippen LogP contribution is 2.12. The molecule has 0 aliphatic rings. The number of nitrogens with two attached hydrogens (primary N) is 1. The predicted octanol–water partition coefficient (Wildman–Crippen LogP) is 1.13. The van der Waals surface area contributed by atoms with E-state index in [9.17, 15) is 4.79 Å². The number of hydrogen-bond donors (Lipinski definition) is 1. The molecule has 0 aliphatic heterocycles. The lowest BCUT2D eigenvalue weighted by atomic mass is 10.2. The molecule has 0 spiro atoms. The van der Waals surface area contributed by atoms with Gasteiger partial charge in [0.1, 0.15) is 11.3 Å². The van der Waals surface area contributed by atoms with Crippen LogP contribution in [0.3, 0.4) is 0 Å². The van der Waals surface area contributed by atoms with Gasteiger partial charge in [0, 0.05) is 11.6 Å². The normalized spacial score (nSPS) is 10.1. The Morgan fingerprint density at radius 1 is 1.33 bits per heavy atom. The summed E-state index contributed by atoms with van der Waals surface area (Å²) in [6, 6.07) is 11.3. The van der Waals surface area contributed by atoms with Gasteiger partial charge < -0.3 is 10.5 Å². The topological polar surface area (TPSA) is 56.2 Å². The maximum Gasteiger partial charge on any atom is 0.254 e. The smallest absolute Gasteiger partial charge is 0.254 e. The summed E-state index contributed by atoms with van der Waals surface area (Å²) in [6.07, 6.45) is 3.63. The third kappa shape index (κ3) is 2.85. The van der Waals surface area contributed by atoms with Gasteiger partial charge in [-0.25, -0.2) is 0 Å². The van der Waals surface area contributed by atoms with Crippen LogP contribution in [0.4, 0.5) is 0 Å². The minimum atomic E-state index is -0.421. The van der Waals surface area contributed by atoms with Crippen molar-refractivity contribution < 1.29 is 14.1 Å². The summed E-state index contributed by atoms with van der Waals surface area (Å²) in [6.45, 7) is 0.665. The van der Waals surface area contributed by atoms with Crippen molar-refractivity contribution in [2.24, 2.45) is 5.73 Å². The number of rotatable bonds is 4. The molecule has 0 unspecified atom stereocenters. The zero-order valence-electron chi connectivity index (χ0n) is 10.2. The Morgan fingerprint density at radius 2 is 2.17 bits per heavy atom. The van der Waals surface area contributed by atoms with E-state index in [4.69, 9.17) is 10.5 Å². The monoisotopic (exact) mass is 243 g/mol. The number of pyridine rings is 1. The van der Waals surface area contributed by atoms with Crippen LogP contribution < -0.4 is 15.0 Å². The Hall–Kier alpha value is -2.36. The Bertz CT molecular complexity index is 567. The Balaban J connectivity index is 2.22. The molecular weight excluding hydrogens is 228 g/mol. The molecule has 2 rings (SSSR count). The number of methoxy groups -OCH3 is 1. The third-order valence-electron chi connectivity index (χ3n) is 2.64. The fourth-order valence-corrected chi connectivity index (χ4v) is 1.75. The molecular formula is C14H15N2O2+. The van der Waals surface area contributed by atoms with E-state index in [-0.39, 0.29) is 0 Å². The van der Waals surface area contributed by atoms with Crippen molar-refractivity contribution in [1.82, 2.24) is 0 Å². The van der Waals surface area contributed by atoms with Gasteiger partial charge in [0.15, 0.2) is 18.9 Å². The summed E-state index contributed by atoms with van der Waals surface area (Å²) in [5, 5.41) is 0. The van der Waals surface area contributed by atoms with Crippen molar-refractivity contribution in [3.63, 3.8) is 0 Å². The molecule has 0 radical (unpaired) electrons. The maximum absolute atomic E-state index is 11.1. The summed E-state index contributed by atoms with van der Waals surface area (Å²) in [7, 11) is 1.64. The fraction of sp³-hybridized carbons (Fsp3) is 0.143. The minimum Gasteiger partial charge on any atom is -0.497 e. The number of ether oxygens (including phenoxy) is 1. The number of primary amides is 1. The second-order valence-electron chi connectivity index (χ2n) is 3.98. The lowest BCUT2D eigenvalue weighted by Crippen LogP contribution is -2.35. The Kier molecular flexibility index (Phi) is 3.57. The summed E-state index contributed by atoms with van der Waals surface area (Å²) in [5.41, 5.74) is 6.85. The zero-order valence-corrected chi connectivity index (χ0v) is 10.2. The quantitative estimate of drug-likeness (QED) is 0.818. The number of benzene rings is 1. The van der Waals surface area contributed by atoms with E-state index in [1.165, 1.54) is 0 Å². The van der Waals surface area contributed by atoms with E-state index >= 15 is 0 Å². The number of nitrogens with zero attached hydrogens (tertiary/aromatic N) is 1. The number of amides is 1. The van der Waals surface area contributed by atoms with Gasteiger partial charge in [-0.2, -0.15) is 4.57 Å². The first-order chi connectivity index (χ1) is 8.69. The molecule has 0 saturated heterocycles. The van der Waals surface area contributed by atoms with Crippen LogP contribution in [-0.4, -0.2) is 13.0 Å². The molecule has 4 heteroatoms. The van der Waals surface area contributed by atoms with E-state index < -0.39 is 5.91 Å². The van der Waals surface area contributed by atoms with Gasteiger partial charge in [0.25, 0.3) is 5.91 Å².